The first kappa shape index (κ1) is 14.5. The Bertz CT molecular complexity index is 439. The second-order valence-corrected chi connectivity index (χ2v) is 6.67. The van der Waals surface area contributed by atoms with Crippen molar-refractivity contribution in [3.63, 3.8) is 0 Å². The Kier molecular flexibility index (Phi) is 4.32. The summed E-state index contributed by atoms with van der Waals surface area (Å²) in [6.45, 7) is 9.10. The molecule has 0 aliphatic carbocycles. The highest BCUT2D eigenvalue weighted by Gasteiger charge is 2.27. The fourth-order valence-electron chi connectivity index (χ4n) is 2.77. The van der Waals surface area contributed by atoms with Crippen LogP contribution in [0.4, 0.5) is 0 Å². The van der Waals surface area contributed by atoms with Crippen molar-refractivity contribution >= 4 is 16.8 Å². The van der Waals surface area contributed by atoms with E-state index in [1.54, 1.807) is 0 Å². The van der Waals surface area contributed by atoms with Gasteiger partial charge in [0, 0.05) is 11.1 Å². The minimum Gasteiger partial charge on any atom is -0.298 e. The summed E-state index contributed by atoms with van der Waals surface area (Å²) in [4.78, 5) is 13.6. The van der Waals surface area contributed by atoms with Crippen molar-refractivity contribution in [3.05, 3.63) is 35.4 Å². The minimum atomic E-state index is -0.380. The Balaban J connectivity index is 2.00. The van der Waals surface area contributed by atoms with Crippen molar-refractivity contribution in [1.82, 2.24) is 4.90 Å². The van der Waals surface area contributed by atoms with E-state index in [4.69, 9.17) is 11.6 Å². The predicted octanol–water partition coefficient (Wildman–Crippen LogP) is 4.04. The minimum absolute atomic E-state index is 0.264. The molecule has 3 heteroatoms. The normalized spacial score (nSPS) is 18.5. The van der Waals surface area contributed by atoms with Crippen molar-refractivity contribution in [2.45, 2.75) is 45.1 Å². The van der Waals surface area contributed by atoms with Gasteiger partial charge in [-0.3, -0.25) is 9.69 Å². The maximum absolute atomic E-state index is 11.0. The highest BCUT2D eigenvalue weighted by atomic mass is 35.5. The van der Waals surface area contributed by atoms with E-state index in [9.17, 15) is 4.79 Å². The molecule has 0 aromatic heterocycles. The third-order valence-corrected chi connectivity index (χ3v) is 4.27. The van der Waals surface area contributed by atoms with Crippen LogP contribution in [0.2, 0.25) is 0 Å². The molecular formula is C16H22ClNO. The summed E-state index contributed by atoms with van der Waals surface area (Å²) in [5.74, 6) is 0.609. The van der Waals surface area contributed by atoms with E-state index in [0.29, 0.717) is 11.5 Å². The molecule has 1 heterocycles. The lowest BCUT2D eigenvalue weighted by atomic mass is 9.87. The molecule has 19 heavy (non-hydrogen) atoms. The van der Waals surface area contributed by atoms with Crippen molar-refractivity contribution in [3.8, 4) is 0 Å². The Labute approximate surface area is 120 Å². The van der Waals surface area contributed by atoms with Crippen molar-refractivity contribution < 1.29 is 4.79 Å². The number of nitrogens with zero attached hydrogens (tertiary/aromatic N) is 1. The quantitative estimate of drug-likeness (QED) is 0.762. The van der Waals surface area contributed by atoms with Crippen molar-refractivity contribution in [1.29, 1.82) is 0 Å². The van der Waals surface area contributed by atoms with Gasteiger partial charge >= 0.3 is 0 Å². The summed E-state index contributed by atoms with van der Waals surface area (Å²) in [7, 11) is 0. The molecule has 1 aromatic carbocycles. The average molecular weight is 280 g/mol. The molecule has 1 saturated heterocycles. The summed E-state index contributed by atoms with van der Waals surface area (Å²) in [6.07, 6.45) is 2.37. The summed E-state index contributed by atoms with van der Waals surface area (Å²) >= 11 is 5.47. The van der Waals surface area contributed by atoms with Crippen LogP contribution in [0.5, 0.6) is 0 Å². The van der Waals surface area contributed by atoms with Gasteiger partial charge in [0.15, 0.2) is 0 Å². The van der Waals surface area contributed by atoms with E-state index in [2.05, 4.69) is 25.7 Å². The smallest absolute Gasteiger partial charge is 0.252 e. The maximum Gasteiger partial charge on any atom is 0.252 e. The molecule has 0 amide bonds. The first-order chi connectivity index (χ1) is 8.88. The molecule has 104 valence electrons. The number of likely N-dealkylation sites (tertiary alicyclic amines) is 1. The van der Waals surface area contributed by atoms with E-state index < -0.39 is 0 Å². The van der Waals surface area contributed by atoms with Crippen LogP contribution in [0.1, 0.15) is 55.5 Å². The fourth-order valence-corrected chi connectivity index (χ4v) is 2.90. The lowest BCUT2D eigenvalue weighted by Gasteiger charge is -2.41. The van der Waals surface area contributed by atoms with Crippen LogP contribution in [-0.2, 0) is 0 Å². The third-order valence-electron chi connectivity index (χ3n) is 4.05. The standard InChI is InChI=1S/C16H22ClNO/c1-16(2,3)18-10-8-13(9-11-18)12-4-6-14(7-5-12)15(17)19/h4-7,13H,8-11H2,1-3H3. The third kappa shape index (κ3) is 3.58. The number of halogens is 1. The number of hydrogen-bond acceptors (Lipinski definition) is 2. The van der Waals surface area contributed by atoms with Crippen LogP contribution in [0, 0.1) is 0 Å². The van der Waals surface area contributed by atoms with Crippen molar-refractivity contribution in [2.75, 3.05) is 13.1 Å². The topological polar surface area (TPSA) is 20.3 Å². The molecule has 0 bridgehead atoms. The van der Waals surface area contributed by atoms with Crippen LogP contribution >= 0.6 is 11.6 Å². The van der Waals surface area contributed by atoms with Gasteiger partial charge in [-0.2, -0.15) is 0 Å². The molecule has 0 saturated carbocycles. The molecule has 0 unspecified atom stereocenters. The Morgan fingerprint density at radius 3 is 2.11 bits per heavy atom. The Morgan fingerprint density at radius 1 is 1.16 bits per heavy atom. The summed E-state index contributed by atoms with van der Waals surface area (Å²) in [6, 6.07) is 7.77. The van der Waals surface area contributed by atoms with Gasteiger partial charge in [0.05, 0.1) is 0 Å². The molecule has 0 atom stereocenters. The molecule has 1 aliphatic rings. The average Bonchev–Trinajstić information content (AvgIpc) is 2.38. The molecule has 2 rings (SSSR count). The molecule has 2 nitrogen and oxygen atoms in total. The molecule has 1 aromatic rings. The van der Waals surface area contributed by atoms with E-state index in [-0.39, 0.29) is 10.8 Å². The fraction of sp³-hybridized carbons (Fsp3) is 0.562. The number of benzene rings is 1. The van der Waals surface area contributed by atoms with Gasteiger partial charge < -0.3 is 0 Å². The zero-order valence-electron chi connectivity index (χ0n) is 11.9. The molecular weight excluding hydrogens is 258 g/mol. The summed E-state index contributed by atoms with van der Waals surface area (Å²) in [5, 5.41) is -0.380. The SMILES string of the molecule is CC(C)(C)N1CCC(c2ccc(C(=O)Cl)cc2)CC1. The number of carbonyl (C=O) groups is 1. The number of carbonyl (C=O) groups excluding carboxylic acids is 1. The van der Waals surface area contributed by atoms with E-state index in [0.717, 1.165) is 13.1 Å². The first-order valence-electron chi connectivity index (χ1n) is 6.93. The number of rotatable bonds is 2. The second-order valence-electron chi connectivity index (χ2n) is 6.33. The monoisotopic (exact) mass is 279 g/mol. The van der Waals surface area contributed by atoms with Crippen LogP contribution in [0.15, 0.2) is 24.3 Å². The second kappa shape index (κ2) is 5.64. The highest BCUT2D eigenvalue weighted by molar-refractivity contribution is 6.67. The molecule has 1 fully saturated rings. The van der Waals surface area contributed by atoms with Crippen molar-refractivity contribution in [2.24, 2.45) is 0 Å². The largest absolute Gasteiger partial charge is 0.298 e. The maximum atomic E-state index is 11.0. The van der Waals surface area contributed by atoms with Crippen LogP contribution in [0.25, 0.3) is 0 Å². The van der Waals surface area contributed by atoms with Gasteiger partial charge in [-0.05, 0) is 81.9 Å². The highest BCUT2D eigenvalue weighted by Crippen LogP contribution is 2.31. The Morgan fingerprint density at radius 2 is 1.68 bits per heavy atom. The summed E-state index contributed by atoms with van der Waals surface area (Å²) < 4.78 is 0. The van der Waals surface area contributed by atoms with Gasteiger partial charge in [0.2, 0.25) is 0 Å². The lowest BCUT2D eigenvalue weighted by molar-refractivity contribution is 0.102. The zero-order chi connectivity index (χ0) is 14.0. The van der Waals surface area contributed by atoms with Crippen LogP contribution < -0.4 is 0 Å². The molecule has 0 radical (unpaired) electrons. The zero-order valence-corrected chi connectivity index (χ0v) is 12.7. The van der Waals surface area contributed by atoms with Crippen LogP contribution in [-0.4, -0.2) is 28.8 Å². The predicted molar refractivity (Wildman–Crippen MR) is 79.9 cm³/mol. The van der Waals surface area contributed by atoms with E-state index in [1.807, 2.05) is 24.3 Å². The molecule has 0 spiro atoms. The molecule has 0 N–H and O–H groups in total. The molecule has 1 aliphatic heterocycles. The van der Waals surface area contributed by atoms with Crippen LogP contribution in [0.3, 0.4) is 0 Å². The van der Waals surface area contributed by atoms with Gasteiger partial charge in [0.1, 0.15) is 0 Å². The van der Waals surface area contributed by atoms with E-state index >= 15 is 0 Å². The number of piperidine rings is 1. The van der Waals surface area contributed by atoms with Gasteiger partial charge in [-0.25, -0.2) is 0 Å². The summed E-state index contributed by atoms with van der Waals surface area (Å²) in [5.41, 5.74) is 2.17. The number of hydrogen-bond donors (Lipinski definition) is 0. The Hall–Kier alpha value is -0.860. The van der Waals surface area contributed by atoms with Gasteiger partial charge in [-0.15, -0.1) is 0 Å². The lowest BCUT2D eigenvalue weighted by Crippen LogP contribution is -2.45. The van der Waals surface area contributed by atoms with E-state index in [1.165, 1.54) is 18.4 Å². The first-order valence-corrected chi connectivity index (χ1v) is 7.30. The van der Waals surface area contributed by atoms with Gasteiger partial charge in [-0.1, -0.05) is 12.1 Å². The van der Waals surface area contributed by atoms with Gasteiger partial charge in [0.25, 0.3) is 5.24 Å².